The molecule has 1 aliphatic heterocycles. The van der Waals surface area contributed by atoms with E-state index >= 15 is 0 Å². The van der Waals surface area contributed by atoms with Crippen LogP contribution in [0.25, 0.3) is 0 Å². The fourth-order valence-electron chi connectivity index (χ4n) is 3.11. The second-order valence-electron chi connectivity index (χ2n) is 5.04. The summed E-state index contributed by atoms with van der Waals surface area (Å²) in [4.78, 5) is 0. The second kappa shape index (κ2) is 4.18. The molecule has 2 fully saturated rings. The van der Waals surface area contributed by atoms with Crippen molar-refractivity contribution in [1.29, 1.82) is 0 Å². The van der Waals surface area contributed by atoms with Gasteiger partial charge in [-0.2, -0.15) is 13.2 Å². The van der Waals surface area contributed by atoms with Gasteiger partial charge < -0.3 is 9.84 Å². The summed E-state index contributed by atoms with van der Waals surface area (Å²) in [5.41, 5.74) is 0. The van der Waals surface area contributed by atoms with Gasteiger partial charge in [0.1, 0.15) is 0 Å². The fourth-order valence-corrected chi connectivity index (χ4v) is 3.11. The van der Waals surface area contributed by atoms with Crippen LogP contribution in [0.1, 0.15) is 26.2 Å². The number of fused-ring (bicyclic) bond motifs is 1. The molecule has 1 N–H and O–H groups in total. The molecule has 0 aromatic rings. The van der Waals surface area contributed by atoms with Gasteiger partial charge in [-0.25, -0.2) is 0 Å². The van der Waals surface area contributed by atoms with Gasteiger partial charge in [0.2, 0.25) is 0 Å². The largest absolute Gasteiger partial charge is 0.396 e. The Morgan fingerprint density at radius 3 is 2.50 bits per heavy atom. The molecular weight excluding hydrogens is 221 g/mol. The van der Waals surface area contributed by atoms with Gasteiger partial charge in [-0.15, -0.1) is 0 Å². The van der Waals surface area contributed by atoms with Crippen LogP contribution in [0.15, 0.2) is 0 Å². The van der Waals surface area contributed by atoms with Crippen LogP contribution in [0.2, 0.25) is 0 Å². The third kappa shape index (κ3) is 2.20. The van der Waals surface area contributed by atoms with E-state index in [9.17, 15) is 18.3 Å². The summed E-state index contributed by atoms with van der Waals surface area (Å²) in [5.74, 6) is -1.45. The molecule has 2 rings (SSSR count). The summed E-state index contributed by atoms with van der Waals surface area (Å²) in [6.45, 7) is 1.72. The maximum absolute atomic E-state index is 12.7. The van der Waals surface area contributed by atoms with Crippen LogP contribution < -0.4 is 0 Å². The lowest BCUT2D eigenvalue weighted by atomic mass is 9.72. The van der Waals surface area contributed by atoms with Gasteiger partial charge in [0.05, 0.1) is 18.1 Å². The lowest BCUT2D eigenvalue weighted by Crippen LogP contribution is -2.40. The number of aliphatic hydroxyl groups excluding tert-OH is 1. The molecule has 1 aliphatic carbocycles. The third-order valence-corrected chi connectivity index (χ3v) is 3.90. The SMILES string of the molecule is C[C@@H]1C[C@@H]2[C@@H](CO)C[C@H](C(F)(F)F)C[C@H]2O1. The fraction of sp³-hybridized carbons (Fsp3) is 1.00. The molecule has 0 spiro atoms. The topological polar surface area (TPSA) is 29.5 Å². The first kappa shape index (κ1) is 12.2. The van der Waals surface area contributed by atoms with Gasteiger partial charge in [-0.1, -0.05) is 0 Å². The van der Waals surface area contributed by atoms with Gasteiger partial charge in [-0.3, -0.25) is 0 Å². The quantitative estimate of drug-likeness (QED) is 0.760. The zero-order chi connectivity index (χ0) is 11.9. The lowest BCUT2D eigenvalue weighted by Gasteiger charge is -2.37. The van der Waals surface area contributed by atoms with Crippen LogP contribution in [-0.4, -0.2) is 30.1 Å². The van der Waals surface area contributed by atoms with Crippen molar-refractivity contribution in [1.82, 2.24) is 0 Å². The van der Waals surface area contributed by atoms with Crippen molar-refractivity contribution >= 4 is 0 Å². The molecular formula is C11H17F3O2. The van der Waals surface area contributed by atoms with E-state index in [1.54, 1.807) is 0 Å². The van der Waals surface area contributed by atoms with Crippen LogP contribution in [0, 0.1) is 17.8 Å². The minimum absolute atomic E-state index is 0.0241. The van der Waals surface area contributed by atoms with E-state index < -0.39 is 12.1 Å². The first-order chi connectivity index (χ1) is 7.41. The molecule has 0 unspecified atom stereocenters. The van der Waals surface area contributed by atoms with Gasteiger partial charge in [-0.05, 0) is 38.0 Å². The minimum atomic E-state index is -4.16. The second-order valence-corrected chi connectivity index (χ2v) is 5.04. The summed E-state index contributed by atoms with van der Waals surface area (Å²) >= 11 is 0. The highest BCUT2D eigenvalue weighted by Crippen LogP contribution is 2.47. The molecule has 1 saturated carbocycles. The highest BCUT2D eigenvalue weighted by molar-refractivity contribution is 4.93. The van der Waals surface area contributed by atoms with Crippen molar-refractivity contribution in [2.45, 2.75) is 44.6 Å². The molecule has 2 aliphatic rings. The Balaban J connectivity index is 2.10. The van der Waals surface area contributed by atoms with Crippen LogP contribution in [0.3, 0.4) is 0 Å². The van der Waals surface area contributed by atoms with Crippen molar-refractivity contribution in [2.24, 2.45) is 17.8 Å². The Morgan fingerprint density at radius 1 is 1.25 bits per heavy atom. The van der Waals surface area contributed by atoms with E-state index in [2.05, 4.69) is 0 Å². The molecule has 5 atom stereocenters. The Kier molecular flexibility index (Phi) is 3.18. The highest BCUT2D eigenvalue weighted by atomic mass is 19.4. The molecule has 1 heterocycles. The first-order valence-corrected chi connectivity index (χ1v) is 5.75. The van der Waals surface area contributed by atoms with Crippen LogP contribution in [-0.2, 0) is 4.74 Å². The molecule has 16 heavy (non-hydrogen) atoms. The van der Waals surface area contributed by atoms with Gasteiger partial charge >= 0.3 is 6.18 Å². The molecule has 1 saturated heterocycles. The molecule has 2 nitrogen and oxygen atoms in total. The van der Waals surface area contributed by atoms with Crippen molar-refractivity contribution < 1.29 is 23.0 Å². The molecule has 0 amide bonds. The number of rotatable bonds is 1. The lowest BCUT2D eigenvalue weighted by molar-refractivity contribution is -0.200. The van der Waals surface area contributed by atoms with Crippen LogP contribution >= 0.6 is 0 Å². The molecule has 0 radical (unpaired) electrons. The predicted molar refractivity (Wildman–Crippen MR) is 51.8 cm³/mol. The summed E-state index contributed by atoms with van der Waals surface area (Å²) in [6, 6.07) is 0. The van der Waals surface area contributed by atoms with Gasteiger partial charge in [0.25, 0.3) is 0 Å². The predicted octanol–water partition coefficient (Wildman–Crippen LogP) is 2.36. The smallest absolute Gasteiger partial charge is 0.391 e. The standard InChI is InChI=1S/C11H17F3O2/c1-6-2-9-7(5-15)3-8(11(12,13)14)4-10(9)16-6/h6-10,15H,2-5H2,1H3/t6-,7-,8+,9-,10-/m1/s1. The number of aliphatic hydroxyl groups is 1. The van der Waals surface area contributed by atoms with Crippen molar-refractivity contribution in [2.75, 3.05) is 6.61 Å². The minimum Gasteiger partial charge on any atom is -0.396 e. The zero-order valence-electron chi connectivity index (χ0n) is 9.20. The van der Waals surface area contributed by atoms with Crippen LogP contribution in [0.5, 0.6) is 0 Å². The Morgan fingerprint density at radius 2 is 1.94 bits per heavy atom. The van der Waals surface area contributed by atoms with E-state index in [1.165, 1.54) is 0 Å². The zero-order valence-corrected chi connectivity index (χ0v) is 9.20. The Bertz CT molecular complexity index is 246. The molecule has 0 bridgehead atoms. The van der Waals surface area contributed by atoms with Crippen molar-refractivity contribution in [3.8, 4) is 0 Å². The summed E-state index contributed by atoms with van der Waals surface area (Å²) in [6.07, 6.45) is -3.55. The third-order valence-electron chi connectivity index (χ3n) is 3.90. The summed E-state index contributed by atoms with van der Waals surface area (Å²) in [7, 11) is 0. The Hall–Kier alpha value is -0.290. The monoisotopic (exact) mass is 238 g/mol. The van der Waals surface area contributed by atoms with Crippen molar-refractivity contribution in [3.05, 3.63) is 0 Å². The van der Waals surface area contributed by atoms with Crippen molar-refractivity contribution in [3.63, 3.8) is 0 Å². The summed E-state index contributed by atoms with van der Waals surface area (Å²) < 4.78 is 43.5. The average Bonchev–Trinajstić information content (AvgIpc) is 2.54. The van der Waals surface area contributed by atoms with E-state index in [-0.39, 0.29) is 43.5 Å². The number of ether oxygens (including phenoxy) is 1. The maximum Gasteiger partial charge on any atom is 0.391 e. The average molecular weight is 238 g/mol. The number of halogens is 3. The summed E-state index contributed by atoms with van der Waals surface area (Å²) in [5, 5.41) is 9.18. The molecule has 94 valence electrons. The van der Waals surface area contributed by atoms with Gasteiger partial charge in [0.15, 0.2) is 0 Å². The maximum atomic E-state index is 12.7. The van der Waals surface area contributed by atoms with E-state index in [1.807, 2.05) is 6.92 Å². The normalized spacial score (nSPS) is 44.4. The molecule has 5 heteroatoms. The van der Waals surface area contributed by atoms with E-state index in [0.717, 1.165) is 6.42 Å². The van der Waals surface area contributed by atoms with Crippen LogP contribution in [0.4, 0.5) is 13.2 Å². The van der Waals surface area contributed by atoms with Gasteiger partial charge in [0, 0.05) is 6.61 Å². The number of hydrogen-bond acceptors (Lipinski definition) is 2. The number of alkyl halides is 3. The number of hydrogen-bond donors (Lipinski definition) is 1. The highest BCUT2D eigenvalue weighted by Gasteiger charge is 2.51. The first-order valence-electron chi connectivity index (χ1n) is 5.75. The van der Waals surface area contributed by atoms with E-state index in [4.69, 9.17) is 4.74 Å². The molecule has 0 aromatic heterocycles. The Labute approximate surface area is 92.8 Å². The van der Waals surface area contributed by atoms with E-state index in [0.29, 0.717) is 0 Å². The molecule has 0 aromatic carbocycles.